The third-order valence-electron chi connectivity index (χ3n) is 2.16. The number of carboxylic acid groups (broad SMARTS) is 1. The van der Waals surface area contributed by atoms with Crippen molar-refractivity contribution in [2.45, 2.75) is 20.0 Å². The maximum absolute atomic E-state index is 12.1. The second kappa shape index (κ2) is 5.39. The minimum atomic E-state index is -3.14. The molecule has 8 heteroatoms. The van der Waals surface area contributed by atoms with E-state index in [9.17, 15) is 23.7 Å². The minimum absolute atomic E-state index is 0.0236. The quantitative estimate of drug-likeness (QED) is 0.647. The van der Waals surface area contributed by atoms with Crippen molar-refractivity contribution in [2.75, 3.05) is 0 Å². The van der Waals surface area contributed by atoms with Crippen LogP contribution < -0.4 is 4.74 Å². The summed E-state index contributed by atoms with van der Waals surface area (Å²) in [5, 5.41) is 19.3. The highest BCUT2D eigenvalue weighted by molar-refractivity contribution is 5.71. The highest BCUT2D eigenvalue weighted by Gasteiger charge is 2.20. The average Bonchev–Trinajstić information content (AvgIpc) is 2.20. The van der Waals surface area contributed by atoms with E-state index in [4.69, 9.17) is 5.11 Å². The van der Waals surface area contributed by atoms with Crippen LogP contribution in [-0.4, -0.2) is 22.6 Å². The molecule has 18 heavy (non-hydrogen) atoms. The molecule has 1 rings (SSSR count). The van der Waals surface area contributed by atoms with E-state index in [1.807, 2.05) is 0 Å². The van der Waals surface area contributed by atoms with Gasteiger partial charge in [0, 0.05) is 6.07 Å². The van der Waals surface area contributed by atoms with Crippen LogP contribution in [0.25, 0.3) is 0 Å². The van der Waals surface area contributed by atoms with Crippen molar-refractivity contribution >= 4 is 11.7 Å². The summed E-state index contributed by atoms with van der Waals surface area (Å²) in [6.45, 7) is -1.89. The number of hydrogen-bond acceptors (Lipinski definition) is 4. The van der Waals surface area contributed by atoms with Crippen molar-refractivity contribution in [3.8, 4) is 5.75 Å². The number of rotatable bonds is 5. The van der Waals surface area contributed by atoms with Gasteiger partial charge in [-0.1, -0.05) is 0 Å². The molecular formula is C10H9F2NO5. The van der Waals surface area contributed by atoms with Crippen LogP contribution in [0.3, 0.4) is 0 Å². The van der Waals surface area contributed by atoms with Crippen molar-refractivity contribution < 1.29 is 28.3 Å². The van der Waals surface area contributed by atoms with Crippen molar-refractivity contribution in [3.63, 3.8) is 0 Å². The summed E-state index contributed by atoms with van der Waals surface area (Å²) in [4.78, 5) is 20.4. The standard InChI is InChI=1S/C10H9F2NO5/c1-5-7(13(16)17)2-6(4-9(14)15)3-8(5)18-10(11)12/h2-3,10H,4H2,1H3,(H,14,15). The predicted molar refractivity (Wildman–Crippen MR) is 55.8 cm³/mol. The van der Waals surface area contributed by atoms with Crippen molar-refractivity contribution in [1.29, 1.82) is 0 Å². The second-order valence-electron chi connectivity index (χ2n) is 3.44. The molecule has 0 fully saturated rings. The third-order valence-corrected chi connectivity index (χ3v) is 2.16. The van der Waals surface area contributed by atoms with Gasteiger partial charge in [-0.15, -0.1) is 0 Å². The number of carbonyl (C=O) groups is 1. The molecule has 1 aromatic rings. The molecule has 0 saturated heterocycles. The van der Waals surface area contributed by atoms with E-state index in [1.165, 1.54) is 6.92 Å². The van der Waals surface area contributed by atoms with Crippen molar-refractivity contribution in [3.05, 3.63) is 33.4 Å². The van der Waals surface area contributed by atoms with Gasteiger partial charge >= 0.3 is 12.6 Å². The summed E-state index contributed by atoms with van der Waals surface area (Å²) in [6, 6.07) is 2.09. The monoisotopic (exact) mass is 261 g/mol. The molecule has 0 saturated carbocycles. The van der Waals surface area contributed by atoms with Crippen molar-refractivity contribution in [2.24, 2.45) is 0 Å². The highest BCUT2D eigenvalue weighted by Crippen LogP contribution is 2.30. The fourth-order valence-electron chi connectivity index (χ4n) is 1.41. The van der Waals surface area contributed by atoms with E-state index in [1.54, 1.807) is 0 Å². The number of benzene rings is 1. The molecule has 1 N–H and O–H groups in total. The number of nitro benzene ring substituents is 1. The smallest absolute Gasteiger partial charge is 0.387 e. The van der Waals surface area contributed by atoms with E-state index in [0.717, 1.165) is 12.1 Å². The first-order valence-corrected chi connectivity index (χ1v) is 4.75. The van der Waals surface area contributed by atoms with Crippen LogP contribution in [0, 0.1) is 17.0 Å². The summed E-state index contributed by atoms with van der Waals surface area (Å²) in [5.74, 6) is -1.62. The number of alkyl halides is 2. The van der Waals surface area contributed by atoms with Gasteiger partial charge in [-0.25, -0.2) is 0 Å². The number of hydrogen-bond donors (Lipinski definition) is 1. The first kappa shape index (κ1) is 13.8. The molecule has 0 amide bonds. The Morgan fingerprint density at radius 3 is 2.61 bits per heavy atom. The molecule has 0 spiro atoms. The molecule has 0 aliphatic heterocycles. The summed E-state index contributed by atoms with van der Waals surface area (Å²) >= 11 is 0. The van der Waals surface area contributed by atoms with Crippen LogP contribution in [-0.2, 0) is 11.2 Å². The SMILES string of the molecule is Cc1c(OC(F)F)cc(CC(=O)O)cc1[N+](=O)[O-]. The number of halogens is 2. The largest absolute Gasteiger partial charge is 0.481 e. The number of carboxylic acids is 1. The topological polar surface area (TPSA) is 89.7 Å². The summed E-state index contributed by atoms with van der Waals surface area (Å²) in [7, 11) is 0. The number of nitro groups is 1. The van der Waals surface area contributed by atoms with Gasteiger partial charge < -0.3 is 9.84 Å². The zero-order chi connectivity index (χ0) is 13.9. The molecule has 0 atom stereocenters. The van der Waals surface area contributed by atoms with E-state index < -0.39 is 35.4 Å². The van der Waals surface area contributed by atoms with Gasteiger partial charge in [0.15, 0.2) is 0 Å². The van der Waals surface area contributed by atoms with Crippen LogP contribution in [0.15, 0.2) is 12.1 Å². The van der Waals surface area contributed by atoms with E-state index >= 15 is 0 Å². The maximum atomic E-state index is 12.1. The molecular weight excluding hydrogens is 252 g/mol. The van der Waals surface area contributed by atoms with Gasteiger partial charge in [0.1, 0.15) is 5.75 Å². The van der Waals surface area contributed by atoms with Crippen LogP contribution in [0.2, 0.25) is 0 Å². The Balaban J connectivity index is 3.27. The molecule has 0 unspecified atom stereocenters. The van der Waals surface area contributed by atoms with Gasteiger partial charge in [0.2, 0.25) is 0 Å². The Labute approximate surface area is 99.9 Å². The molecule has 6 nitrogen and oxygen atoms in total. The fraction of sp³-hybridized carbons (Fsp3) is 0.300. The van der Waals surface area contributed by atoms with E-state index in [-0.39, 0.29) is 11.1 Å². The molecule has 0 aliphatic carbocycles. The number of aliphatic carboxylic acids is 1. The normalized spacial score (nSPS) is 10.4. The second-order valence-corrected chi connectivity index (χ2v) is 3.44. The van der Waals surface area contributed by atoms with Crippen LogP contribution >= 0.6 is 0 Å². The molecule has 98 valence electrons. The van der Waals surface area contributed by atoms with Gasteiger partial charge in [-0.3, -0.25) is 14.9 Å². The zero-order valence-corrected chi connectivity index (χ0v) is 9.22. The molecule has 0 radical (unpaired) electrons. The van der Waals surface area contributed by atoms with E-state index in [2.05, 4.69) is 4.74 Å². The molecule has 0 bridgehead atoms. The Hall–Kier alpha value is -2.25. The lowest BCUT2D eigenvalue weighted by molar-refractivity contribution is -0.385. The highest BCUT2D eigenvalue weighted by atomic mass is 19.3. The Kier molecular flexibility index (Phi) is 4.13. The zero-order valence-electron chi connectivity index (χ0n) is 9.22. The van der Waals surface area contributed by atoms with Gasteiger partial charge in [-0.05, 0) is 18.6 Å². The Morgan fingerprint density at radius 2 is 2.17 bits per heavy atom. The fourth-order valence-corrected chi connectivity index (χ4v) is 1.41. The van der Waals surface area contributed by atoms with Gasteiger partial charge in [0.05, 0.1) is 16.9 Å². The summed E-state index contributed by atoms with van der Waals surface area (Å²) in [6.07, 6.45) is -0.513. The minimum Gasteiger partial charge on any atom is -0.481 e. The van der Waals surface area contributed by atoms with Gasteiger partial charge in [-0.2, -0.15) is 8.78 Å². The summed E-state index contributed by atoms with van der Waals surface area (Å²) in [5.41, 5.74) is -0.505. The lowest BCUT2D eigenvalue weighted by Gasteiger charge is -2.10. The molecule has 1 aromatic carbocycles. The molecule has 0 aliphatic rings. The lowest BCUT2D eigenvalue weighted by Crippen LogP contribution is -2.07. The van der Waals surface area contributed by atoms with Crippen molar-refractivity contribution in [1.82, 2.24) is 0 Å². The third kappa shape index (κ3) is 3.37. The number of ether oxygens (including phenoxy) is 1. The summed E-state index contributed by atoms with van der Waals surface area (Å²) < 4.78 is 28.4. The lowest BCUT2D eigenvalue weighted by atomic mass is 10.1. The predicted octanol–water partition coefficient (Wildman–Crippen LogP) is 2.13. The average molecular weight is 261 g/mol. The maximum Gasteiger partial charge on any atom is 0.387 e. The molecule has 0 aromatic heterocycles. The Morgan fingerprint density at radius 1 is 1.56 bits per heavy atom. The first-order valence-electron chi connectivity index (χ1n) is 4.75. The van der Waals surface area contributed by atoms with E-state index in [0.29, 0.717) is 0 Å². The van der Waals surface area contributed by atoms with Gasteiger partial charge in [0.25, 0.3) is 5.69 Å². The molecule has 0 heterocycles. The van der Waals surface area contributed by atoms with Crippen LogP contribution in [0.5, 0.6) is 5.75 Å². The number of nitrogens with zero attached hydrogens (tertiary/aromatic N) is 1. The van der Waals surface area contributed by atoms with Crippen LogP contribution in [0.4, 0.5) is 14.5 Å². The van der Waals surface area contributed by atoms with Crippen LogP contribution in [0.1, 0.15) is 11.1 Å². The first-order chi connectivity index (χ1) is 8.31. The Bertz CT molecular complexity index is 489.